The average Bonchev–Trinajstić information content (AvgIpc) is 2.96. The summed E-state index contributed by atoms with van der Waals surface area (Å²) >= 11 is 0. The fourth-order valence-corrected chi connectivity index (χ4v) is 3.35. The lowest BCUT2D eigenvalue weighted by Crippen LogP contribution is -2.56. The summed E-state index contributed by atoms with van der Waals surface area (Å²) in [5.41, 5.74) is 4.27. The molecule has 18 heavy (non-hydrogen) atoms. The van der Waals surface area contributed by atoms with Crippen molar-refractivity contribution in [2.24, 2.45) is 11.1 Å². The summed E-state index contributed by atoms with van der Waals surface area (Å²) < 4.78 is 0. The lowest BCUT2D eigenvalue weighted by atomic mass is 9.83. The second-order valence-electron chi connectivity index (χ2n) is 5.83. The van der Waals surface area contributed by atoms with Gasteiger partial charge in [-0.15, -0.1) is 0 Å². The molecule has 0 aromatic heterocycles. The largest absolute Gasteiger partial charge is 0.480 e. The van der Waals surface area contributed by atoms with Crippen LogP contribution >= 0.6 is 0 Å². The molecule has 102 valence electrons. The van der Waals surface area contributed by atoms with Crippen LogP contribution in [0.15, 0.2) is 0 Å². The van der Waals surface area contributed by atoms with Crippen LogP contribution in [0.25, 0.3) is 0 Å². The number of amides is 1. The van der Waals surface area contributed by atoms with Gasteiger partial charge in [0.15, 0.2) is 0 Å². The van der Waals surface area contributed by atoms with E-state index in [0.29, 0.717) is 19.5 Å². The lowest BCUT2D eigenvalue weighted by molar-refractivity contribution is -0.159. The van der Waals surface area contributed by atoms with Crippen molar-refractivity contribution in [2.45, 2.75) is 51.0 Å². The summed E-state index contributed by atoms with van der Waals surface area (Å²) in [5, 5.41) is 9.37. The predicted octanol–water partition coefficient (Wildman–Crippen LogP) is 0.971. The number of carboxylic acids is 1. The molecule has 1 aliphatic carbocycles. The molecule has 0 radical (unpaired) electrons. The first kappa shape index (κ1) is 13.3. The molecule has 1 saturated heterocycles. The van der Waals surface area contributed by atoms with Crippen molar-refractivity contribution in [1.82, 2.24) is 4.90 Å². The molecule has 5 heteroatoms. The zero-order valence-corrected chi connectivity index (χ0v) is 10.9. The summed E-state index contributed by atoms with van der Waals surface area (Å²) in [7, 11) is 0. The molecular formula is C13H22N2O3. The molecule has 1 heterocycles. The number of carboxylic acid groups (broad SMARTS) is 1. The maximum atomic E-state index is 12.7. The van der Waals surface area contributed by atoms with Gasteiger partial charge in [0.1, 0.15) is 5.54 Å². The third-order valence-corrected chi connectivity index (χ3v) is 4.75. The number of nitrogens with zero attached hydrogens (tertiary/aromatic N) is 1. The monoisotopic (exact) mass is 254 g/mol. The Morgan fingerprint density at radius 1 is 1.22 bits per heavy atom. The molecule has 0 bridgehead atoms. The Morgan fingerprint density at radius 2 is 1.83 bits per heavy atom. The third kappa shape index (κ3) is 1.81. The van der Waals surface area contributed by atoms with Gasteiger partial charge in [0.25, 0.3) is 0 Å². The fraction of sp³-hybridized carbons (Fsp3) is 0.846. The van der Waals surface area contributed by atoms with Gasteiger partial charge in [-0.3, -0.25) is 4.79 Å². The number of aliphatic carboxylic acids is 1. The first-order valence-corrected chi connectivity index (χ1v) is 6.72. The van der Waals surface area contributed by atoms with E-state index < -0.39 is 16.9 Å². The van der Waals surface area contributed by atoms with E-state index in [4.69, 9.17) is 5.73 Å². The highest BCUT2D eigenvalue weighted by Crippen LogP contribution is 2.42. The van der Waals surface area contributed by atoms with Crippen LogP contribution < -0.4 is 5.73 Å². The standard InChI is InChI=1S/C13H22N2O3/c1-12(11(17)18)5-4-8-15(12)10(16)13(9-14)6-2-3-7-13/h2-9,14H2,1H3,(H,17,18). The smallest absolute Gasteiger partial charge is 0.329 e. The molecule has 0 spiro atoms. The molecule has 1 amide bonds. The van der Waals surface area contributed by atoms with Gasteiger partial charge in [0.05, 0.1) is 5.41 Å². The number of likely N-dealkylation sites (tertiary alicyclic amines) is 1. The van der Waals surface area contributed by atoms with Crippen molar-refractivity contribution < 1.29 is 14.7 Å². The molecule has 0 aromatic carbocycles. The van der Waals surface area contributed by atoms with Gasteiger partial charge in [0, 0.05) is 13.1 Å². The van der Waals surface area contributed by atoms with Gasteiger partial charge < -0.3 is 15.7 Å². The number of hydrogen-bond donors (Lipinski definition) is 2. The number of rotatable bonds is 3. The average molecular weight is 254 g/mol. The van der Waals surface area contributed by atoms with Crippen molar-refractivity contribution in [3.63, 3.8) is 0 Å². The Labute approximate surface area is 107 Å². The van der Waals surface area contributed by atoms with Crippen molar-refractivity contribution in [1.29, 1.82) is 0 Å². The molecule has 2 aliphatic rings. The summed E-state index contributed by atoms with van der Waals surface area (Å²) in [6, 6.07) is 0. The highest BCUT2D eigenvalue weighted by atomic mass is 16.4. The summed E-state index contributed by atoms with van der Waals surface area (Å²) in [4.78, 5) is 25.7. The highest BCUT2D eigenvalue weighted by Gasteiger charge is 2.52. The quantitative estimate of drug-likeness (QED) is 0.786. The number of nitrogens with two attached hydrogens (primary N) is 1. The Kier molecular flexibility index (Phi) is 3.36. The zero-order chi connectivity index (χ0) is 13.4. The minimum atomic E-state index is -1.04. The summed E-state index contributed by atoms with van der Waals surface area (Å²) in [6.45, 7) is 2.53. The first-order chi connectivity index (χ1) is 8.46. The molecule has 1 atom stereocenters. The van der Waals surface area contributed by atoms with Crippen LogP contribution in [0, 0.1) is 5.41 Å². The van der Waals surface area contributed by atoms with Crippen molar-refractivity contribution in [3.8, 4) is 0 Å². The number of carbonyl (C=O) groups excluding carboxylic acids is 1. The highest BCUT2D eigenvalue weighted by molar-refractivity contribution is 5.90. The normalized spacial score (nSPS) is 30.7. The van der Waals surface area contributed by atoms with E-state index in [1.165, 1.54) is 0 Å². The molecule has 2 rings (SSSR count). The second-order valence-corrected chi connectivity index (χ2v) is 5.83. The lowest BCUT2D eigenvalue weighted by Gasteiger charge is -2.38. The first-order valence-electron chi connectivity index (χ1n) is 6.72. The van der Waals surface area contributed by atoms with Gasteiger partial charge in [-0.2, -0.15) is 0 Å². The number of hydrogen-bond acceptors (Lipinski definition) is 3. The molecule has 3 N–H and O–H groups in total. The maximum Gasteiger partial charge on any atom is 0.329 e. The molecule has 1 unspecified atom stereocenters. The van der Waals surface area contributed by atoms with Crippen LogP contribution in [0.3, 0.4) is 0 Å². The minimum Gasteiger partial charge on any atom is -0.480 e. The van der Waals surface area contributed by atoms with Crippen molar-refractivity contribution in [3.05, 3.63) is 0 Å². The van der Waals surface area contributed by atoms with Crippen LogP contribution in [0.2, 0.25) is 0 Å². The van der Waals surface area contributed by atoms with E-state index in [0.717, 1.165) is 32.1 Å². The molecule has 1 aliphatic heterocycles. The second kappa shape index (κ2) is 4.53. The maximum absolute atomic E-state index is 12.7. The Hall–Kier alpha value is -1.10. The Balaban J connectivity index is 2.25. The predicted molar refractivity (Wildman–Crippen MR) is 66.9 cm³/mol. The molecular weight excluding hydrogens is 232 g/mol. The van der Waals surface area contributed by atoms with Gasteiger partial charge in [-0.05, 0) is 32.6 Å². The van der Waals surface area contributed by atoms with Crippen LogP contribution in [0.5, 0.6) is 0 Å². The van der Waals surface area contributed by atoms with Gasteiger partial charge >= 0.3 is 5.97 Å². The van der Waals surface area contributed by atoms with Gasteiger partial charge in [0.2, 0.25) is 5.91 Å². The van der Waals surface area contributed by atoms with Crippen LogP contribution in [-0.2, 0) is 9.59 Å². The van der Waals surface area contributed by atoms with Crippen LogP contribution in [0.1, 0.15) is 45.4 Å². The van der Waals surface area contributed by atoms with E-state index >= 15 is 0 Å². The minimum absolute atomic E-state index is 0.0371. The zero-order valence-electron chi connectivity index (χ0n) is 10.9. The summed E-state index contributed by atoms with van der Waals surface area (Å²) in [6.07, 6.45) is 4.92. The van der Waals surface area contributed by atoms with Gasteiger partial charge in [-0.1, -0.05) is 12.8 Å². The van der Waals surface area contributed by atoms with Crippen molar-refractivity contribution >= 4 is 11.9 Å². The Bertz CT molecular complexity index is 363. The summed E-state index contributed by atoms with van der Waals surface area (Å²) in [5.74, 6) is -0.941. The van der Waals surface area contributed by atoms with Crippen molar-refractivity contribution in [2.75, 3.05) is 13.1 Å². The van der Waals surface area contributed by atoms with E-state index in [1.807, 2.05) is 0 Å². The topological polar surface area (TPSA) is 83.6 Å². The fourth-order valence-electron chi connectivity index (χ4n) is 3.35. The van der Waals surface area contributed by atoms with E-state index in [1.54, 1.807) is 11.8 Å². The van der Waals surface area contributed by atoms with E-state index in [2.05, 4.69) is 0 Å². The Morgan fingerprint density at radius 3 is 2.33 bits per heavy atom. The van der Waals surface area contributed by atoms with E-state index in [-0.39, 0.29) is 5.91 Å². The van der Waals surface area contributed by atoms with E-state index in [9.17, 15) is 14.7 Å². The molecule has 0 aromatic rings. The van der Waals surface area contributed by atoms with Crippen LogP contribution in [0.4, 0.5) is 0 Å². The molecule has 1 saturated carbocycles. The van der Waals surface area contributed by atoms with Gasteiger partial charge in [-0.25, -0.2) is 4.79 Å². The molecule has 2 fully saturated rings. The number of carbonyl (C=O) groups is 2. The molecule has 5 nitrogen and oxygen atoms in total. The SMILES string of the molecule is CC1(C(=O)O)CCCN1C(=O)C1(CN)CCCC1. The third-order valence-electron chi connectivity index (χ3n) is 4.75. The van der Waals surface area contributed by atoms with Crippen LogP contribution in [-0.4, -0.2) is 40.5 Å².